The van der Waals surface area contributed by atoms with Crippen LogP contribution in [0.25, 0.3) is 0 Å². The minimum absolute atomic E-state index is 0.969. The predicted octanol–water partition coefficient (Wildman–Crippen LogP) is 3.97. The van der Waals surface area contributed by atoms with E-state index in [9.17, 15) is 0 Å². The van der Waals surface area contributed by atoms with Gasteiger partial charge in [0.2, 0.25) is 0 Å². The van der Waals surface area contributed by atoms with Gasteiger partial charge in [-0.1, -0.05) is 39.0 Å². The zero-order chi connectivity index (χ0) is 10.4. The van der Waals surface area contributed by atoms with Crippen LogP contribution in [0.5, 0.6) is 0 Å². The number of hydrogen-bond acceptors (Lipinski definition) is 1. The molecule has 1 N–H and O–H groups in total. The lowest BCUT2D eigenvalue weighted by atomic mass is 10.1. The van der Waals surface area contributed by atoms with Gasteiger partial charge < -0.3 is 5.32 Å². The fraction of sp³-hybridized carbons (Fsp3) is 0.385. The second kappa shape index (κ2) is 5.48. The van der Waals surface area contributed by atoms with Gasteiger partial charge in [-0.2, -0.15) is 0 Å². The first-order valence-corrected chi connectivity index (χ1v) is 5.30. The molecule has 0 aliphatic heterocycles. The summed E-state index contributed by atoms with van der Waals surface area (Å²) in [5.74, 6) is 0. The van der Waals surface area contributed by atoms with Gasteiger partial charge in [0.05, 0.1) is 0 Å². The quantitative estimate of drug-likeness (QED) is 0.739. The van der Waals surface area contributed by atoms with Gasteiger partial charge in [0.25, 0.3) is 0 Å². The van der Waals surface area contributed by atoms with Crippen molar-refractivity contribution < 1.29 is 0 Å². The van der Waals surface area contributed by atoms with Crippen molar-refractivity contribution in [2.75, 3.05) is 5.32 Å². The van der Waals surface area contributed by atoms with E-state index >= 15 is 0 Å². The van der Waals surface area contributed by atoms with E-state index in [0.717, 1.165) is 24.2 Å². The molecule has 0 radical (unpaired) electrons. The Bertz CT molecular complexity index is 285. The average molecular weight is 189 g/mol. The van der Waals surface area contributed by atoms with E-state index in [1.54, 1.807) is 0 Å². The van der Waals surface area contributed by atoms with Crippen molar-refractivity contribution in [3.63, 3.8) is 0 Å². The van der Waals surface area contributed by atoms with Crippen molar-refractivity contribution in [3.05, 3.63) is 42.1 Å². The topological polar surface area (TPSA) is 12.0 Å². The van der Waals surface area contributed by atoms with Gasteiger partial charge in [-0.15, -0.1) is 0 Å². The highest BCUT2D eigenvalue weighted by Crippen LogP contribution is 2.13. The molecule has 0 unspecified atom stereocenters. The molecule has 0 aliphatic rings. The number of aryl methyl sites for hydroxylation is 1. The van der Waals surface area contributed by atoms with Crippen LogP contribution in [-0.4, -0.2) is 0 Å². The van der Waals surface area contributed by atoms with Crippen LogP contribution in [-0.2, 0) is 6.42 Å². The smallest absolute Gasteiger partial charge is 0.0381 e. The normalized spacial score (nSPS) is 9.86. The average Bonchev–Trinajstić information content (AvgIpc) is 2.21. The van der Waals surface area contributed by atoms with E-state index in [1.165, 1.54) is 12.0 Å². The van der Waals surface area contributed by atoms with Crippen molar-refractivity contribution in [2.45, 2.75) is 33.1 Å². The van der Waals surface area contributed by atoms with Crippen LogP contribution in [0.3, 0.4) is 0 Å². The molecule has 1 rings (SSSR count). The van der Waals surface area contributed by atoms with Gasteiger partial charge >= 0.3 is 0 Å². The van der Waals surface area contributed by atoms with E-state index in [1.807, 2.05) is 0 Å². The largest absolute Gasteiger partial charge is 0.359 e. The number of rotatable bonds is 5. The Morgan fingerprint density at radius 3 is 2.36 bits per heavy atom. The van der Waals surface area contributed by atoms with Crippen molar-refractivity contribution >= 4 is 5.69 Å². The molecule has 1 aromatic rings. The maximum absolute atomic E-state index is 3.92. The van der Waals surface area contributed by atoms with Crippen molar-refractivity contribution in [1.29, 1.82) is 0 Å². The zero-order valence-electron chi connectivity index (χ0n) is 9.14. The van der Waals surface area contributed by atoms with Crippen LogP contribution in [0.1, 0.15) is 32.3 Å². The number of nitrogens with one attached hydrogen (secondary N) is 1. The molecule has 0 heterocycles. The summed E-state index contributed by atoms with van der Waals surface area (Å²) >= 11 is 0. The van der Waals surface area contributed by atoms with Crippen molar-refractivity contribution in [1.82, 2.24) is 0 Å². The van der Waals surface area contributed by atoms with Crippen LogP contribution in [0, 0.1) is 0 Å². The molecular weight excluding hydrogens is 170 g/mol. The summed E-state index contributed by atoms with van der Waals surface area (Å²) in [6.45, 7) is 8.21. The molecule has 0 amide bonds. The Labute approximate surface area is 86.8 Å². The third-order valence-corrected chi connectivity index (χ3v) is 2.24. The van der Waals surface area contributed by atoms with Gasteiger partial charge in [-0.3, -0.25) is 0 Å². The van der Waals surface area contributed by atoms with Crippen molar-refractivity contribution in [3.8, 4) is 0 Å². The molecule has 0 aromatic heterocycles. The van der Waals surface area contributed by atoms with E-state index < -0.39 is 0 Å². The van der Waals surface area contributed by atoms with Gasteiger partial charge in [-0.25, -0.2) is 0 Å². The van der Waals surface area contributed by atoms with Gasteiger partial charge in [0, 0.05) is 11.4 Å². The summed E-state index contributed by atoms with van der Waals surface area (Å²) in [6, 6.07) is 8.58. The molecule has 0 aliphatic carbocycles. The van der Waals surface area contributed by atoms with Crippen LogP contribution in [0.2, 0.25) is 0 Å². The second-order valence-electron chi connectivity index (χ2n) is 3.53. The van der Waals surface area contributed by atoms with E-state index in [0.29, 0.717) is 0 Å². The molecule has 0 saturated heterocycles. The van der Waals surface area contributed by atoms with Gasteiger partial charge in [0.1, 0.15) is 0 Å². The molecule has 0 bridgehead atoms. The molecule has 0 atom stereocenters. The maximum atomic E-state index is 3.92. The third-order valence-electron chi connectivity index (χ3n) is 2.24. The summed E-state index contributed by atoms with van der Waals surface area (Å²) < 4.78 is 0. The van der Waals surface area contributed by atoms with E-state index in [4.69, 9.17) is 0 Å². The Morgan fingerprint density at radius 1 is 1.21 bits per heavy atom. The van der Waals surface area contributed by atoms with Crippen LogP contribution in [0.15, 0.2) is 36.5 Å². The molecule has 76 valence electrons. The first-order chi connectivity index (χ1) is 6.76. The maximum Gasteiger partial charge on any atom is 0.0381 e. The Hall–Kier alpha value is -1.24. The fourth-order valence-electron chi connectivity index (χ4n) is 1.34. The van der Waals surface area contributed by atoms with Crippen LogP contribution < -0.4 is 5.32 Å². The highest BCUT2D eigenvalue weighted by Gasteiger charge is 1.94. The molecule has 1 aromatic carbocycles. The highest BCUT2D eigenvalue weighted by atomic mass is 14.9. The Kier molecular flexibility index (Phi) is 4.24. The molecule has 0 fully saturated rings. The standard InChI is InChI=1S/C13H19N/c1-4-6-12-7-9-13(10-8-12)14-11(3)5-2/h7-10,14H,3-6H2,1-2H3. The summed E-state index contributed by atoms with van der Waals surface area (Å²) in [7, 11) is 0. The zero-order valence-corrected chi connectivity index (χ0v) is 9.14. The summed E-state index contributed by atoms with van der Waals surface area (Å²) in [5, 5.41) is 3.27. The lowest BCUT2D eigenvalue weighted by Crippen LogP contribution is -1.96. The molecular formula is C13H19N. The molecule has 1 heteroatoms. The highest BCUT2D eigenvalue weighted by molar-refractivity contribution is 5.48. The lowest BCUT2D eigenvalue weighted by Gasteiger charge is -2.07. The van der Waals surface area contributed by atoms with E-state index in [2.05, 4.69) is 50.0 Å². The molecule has 0 saturated carbocycles. The number of allylic oxidation sites excluding steroid dienone is 1. The first kappa shape index (κ1) is 10.8. The number of hydrogen-bond donors (Lipinski definition) is 1. The number of benzene rings is 1. The number of anilines is 1. The Morgan fingerprint density at radius 2 is 1.86 bits per heavy atom. The van der Waals surface area contributed by atoms with Gasteiger partial charge in [-0.05, 0) is 30.5 Å². The SMILES string of the molecule is C=C(CC)Nc1ccc(CCC)cc1. The van der Waals surface area contributed by atoms with Crippen molar-refractivity contribution in [2.24, 2.45) is 0 Å². The summed E-state index contributed by atoms with van der Waals surface area (Å²) in [5.41, 5.74) is 3.60. The lowest BCUT2D eigenvalue weighted by molar-refractivity contribution is 0.922. The van der Waals surface area contributed by atoms with E-state index in [-0.39, 0.29) is 0 Å². The first-order valence-electron chi connectivity index (χ1n) is 5.30. The molecule has 14 heavy (non-hydrogen) atoms. The monoisotopic (exact) mass is 189 g/mol. The predicted molar refractivity (Wildman–Crippen MR) is 63.5 cm³/mol. The fourth-order valence-corrected chi connectivity index (χ4v) is 1.34. The molecule has 0 spiro atoms. The Balaban J connectivity index is 2.59. The summed E-state index contributed by atoms with van der Waals surface area (Å²) in [4.78, 5) is 0. The van der Waals surface area contributed by atoms with Crippen LogP contribution in [0.4, 0.5) is 5.69 Å². The second-order valence-corrected chi connectivity index (χ2v) is 3.53. The third kappa shape index (κ3) is 3.25. The summed E-state index contributed by atoms with van der Waals surface area (Å²) in [6.07, 6.45) is 3.33. The van der Waals surface area contributed by atoms with Gasteiger partial charge in [0.15, 0.2) is 0 Å². The minimum Gasteiger partial charge on any atom is -0.359 e. The van der Waals surface area contributed by atoms with Crippen LogP contribution >= 0.6 is 0 Å². The molecule has 1 nitrogen and oxygen atoms in total. The minimum atomic E-state index is 0.969.